The highest BCUT2D eigenvalue weighted by Crippen LogP contribution is 2.23. The number of carbonyl (C=O) groups excluding carboxylic acids is 1. The minimum atomic E-state index is 0.0376. The molecule has 1 aromatic heterocycles. The number of halogens is 1. The summed E-state index contributed by atoms with van der Waals surface area (Å²) in [5.41, 5.74) is 0. The molecule has 1 aromatic rings. The van der Waals surface area contributed by atoms with E-state index in [4.69, 9.17) is 0 Å². The van der Waals surface area contributed by atoms with E-state index < -0.39 is 0 Å². The number of carbonyl (C=O) groups is 1. The van der Waals surface area contributed by atoms with Gasteiger partial charge in [-0.1, -0.05) is 0 Å². The Labute approximate surface area is 90.0 Å². The number of hydrogen-bond donors (Lipinski definition) is 0. The lowest BCUT2D eigenvalue weighted by Gasteiger charge is -2.01. The summed E-state index contributed by atoms with van der Waals surface area (Å²) in [6.45, 7) is 0. The summed E-state index contributed by atoms with van der Waals surface area (Å²) < 4.78 is 0.867. The van der Waals surface area contributed by atoms with Gasteiger partial charge < -0.3 is 4.90 Å². The Hall–Kier alpha value is -0.610. The largest absolute Gasteiger partial charge is 0.383 e. The summed E-state index contributed by atoms with van der Waals surface area (Å²) in [6.07, 6.45) is 3.31. The smallest absolute Gasteiger partial charge is 0.198 e. The van der Waals surface area contributed by atoms with Crippen molar-refractivity contribution in [2.75, 3.05) is 14.1 Å². The molecule has 0 aliphatic rings. The van der Waals surface area contributed by atoms with Gasteiger partial charge in [0.05, 0.1) is 4.88 Å². The van der Waals surface area contributed by atoms with Crippen molar-refractivity contribution in [3.8, 4) is 0 Å². The molecular weight excluding hydrogens is 250 g/mol. The maximum absolute atomic E-state index is 11.5. The second-order valence-electron chi connectivity index (χ2n) is 2.74. The van der Waals surface area contributed by atoms with E-state index in [-0.39, 0.29) is 5.78 Å². The first-order valence-electron chi connectivity index (χ1n) is 3.73. The number of nitrogens with zero attached hydrogens (tertiary/aromatic N) is 1. The third-order valence-corrected chi connectivity index (χ3v) is 3.22. The van der Waals surface area contributed by atoms with Crippen molar-refractivity contribution in [1.82, 2.24) is 4.90 Å². The molecule has 0 radical (unpaired) electrons. The molecule has 4 heteroatoms. The molecule has 0 unspecified atom stereocenters. The van der Waals surface area contributed by atoms with Crippen LogP contribution in [0.4, 0.5) is 0 Å². The van der Waals surface area contributed by atoms with Crippen LogP contribution in [0.3, 0.4) is 0 Å². The lowest BCUT2D eigenvalue weighted by atomic mass is 10.3. The minimum Gasteiger partial charge on any atom is -0.383 e. The first-order chi connectivity index (χ1) is 6.11. The number of allylic oxidation sites excluding steroid dienone is 1. The van der Waals surface area contributed by atoms with Crippen LogP contribution < -0.4 is 0 Å². The van der Waals surface area contributed by atoms with Crippen molar-refractivity contribution in [2.24, 2.45) is 0 Å². The highest BCUT2D eigenvalue weighted by molar-refractivity contribution is 9.10. The van der Waals surface area contributed by atoms with E-state index in [9.17, 15) is 4.79 Å². The van der Waals surface area contributed by atoms with E-state index in [0.29, 0.717) is 0 Å². The van der Waals surface area contributed by atoms with Gasteiger partial charge in [0.15, 0.2) is 5.78 Å². The van der Waals surface area contributed by atoms with Crippen LogP contribution >= 0.6 is 27.3 Å². The van der Waals surface area contributed by atoms with Crippen LogP contribution in [0.5, 0.6) is 0 Å². The van der Waals surface area contributed by atoms with E-state index in [1.165, 1.54) is 11.3 Å². The van der Waals surface area contributed by atoms with Gasteiger partial charge in [-0.25, -0.2) is 0 Å². The molecule has 0 spiro atoms. The van der Waals surface area contributed by atoms with Crippen LogP contribution in [-0.2, 0) is 0 Å². The molecule has 0 N–H and O–H groups in total. The average Bonchev–Trinajstić information content (AvgIpc) is 2.47. The summed E-state index contributed by atoms with van der Waals surface area (Å²) in [4.78, 5) is 14.1. The molecule has 70 valence electrons. The standard InChI is InChI=1S/C9H10BrNOS/c1-11(2)5-3-8(12)9-7(10)4-6-13-9/h3-6H,1-2H3. The first kappa shape index (κ1) is 10.5. The molecule has 0 fully saturated rings. The zero-order valence-electron chi connectivity index (χ0n) is 7.45. The fourth-order valence-corrected chi connectivity index (χ4v) is 2.25. The Morgan fingerprint density at radius 3 is 2.77 bits per heavy atom. The van der Waals surface area contributed by atoms with Crippen LogP contribution in [0, 0.1) is 0 Å². The second-order valence-corrected chi connectivity index (χ2v) is 4.51. The number of rotatable bonds is 3. The van der Waals surface area contributed by atoms with E-state index in [0.717, 1.165) is 9.35 Å². The summed E-state index contributed by atoms with van der Waals surface area (Å²) >= 11 is 4.76. The molecule has 0 saturated carbocycles. The normalized spacial score (nSPS) is 10.7. The van der Waals surface area contributed by atoms with Crippen molar-refractivity contribution >= 4 is 33.0 Å². The third kappa shape index (κ3) is 2.97. The van der Waals surface area contributed by atoms with Crippen molar-refractivity contribution in [1.29, 1.82) is 0 Å². The van der Waals surface area contributed by atoms with E-state index >= 15 is 0 Å². The van der Waals surface area contributed by atoms with Gasteiger partial charge in [-0.05, 0) is 27.4 Å². The SMILES string of the molecule is CN(C)C=CC(=O)c1sccc1Br. The van der Waals surface area contributed by atoms with Crippen LogP contribution in [0.25, 0.3) is 0 Å². The molecule has 0 atom stereocenters. The molecule has 0 bridgehead atoms. The van der Waals surface area contributed by atoms with Crippen LogP contribution in [0.15, 0.2) is 28.2 Å². The fraction of sp³-hybridized carbons (Fsp3) is 0.222. The van der Waals surface area contributed by atoms with Gasteiger partial charge in [0.2, 0.25) is 0 Å². The topological polar surface area (TPSA) is 20.3 Å². The molecule has 0 aliphatic heterocycles. The van der Waals surface area contributed by atoms with E-state index in [2.05, 4.69) is 15.9 Å². The summed E-state index contributed by atoms with van der Waals surface area (Å²) in [5.74, 6) is 0.0376. The molecule has 1 rings (SSSR count). The van der Waals surface area contributed by atoms with E-state index in [1.807, 2.05) is 30.4 Å². The Morgan fingerprint density at radius 2 is 2.31 bits per heavy atom. The summed E-state index contributed by atoms with van der Waals surface area (Å²) in [5, 5.41) is 1.89. The number of ketones is 1. The minimum absolute atomic E-state index is 0.0376. The molecule has 13 heavy (non-hydrogen) atoms. The Morgan fingerprint density at radius 1 is 1.62 bits per heavy atom. The lowest BCUT2D eigenvalue weighted by Crippen LogP contribution is -2.02. The lowest BCUT2D eigenvalue weighted by molar-refractivity contribution is 0.104. The van der Waals surface area contributed by atoms with Gasteiger partial charge in [-0.15, -0.1) is 11.3 Å². The van der Waals surface area contributed by atoms with Gasteiger partial charge in [0.25, 0.3) is 0 Å². The Balaban J connectivity index is 2.75. The molecule has 0 amide bonds. The summed E-state index contributed by atoms with van der Waals surface area (Å²) in [6, 6.07) is 1.88. The van der Waals surface area contributed by atoms with Gasteiger partial charge in [-0.2, -0.15) is 0 Å². The Bertz CT molecular complexity index is 330. The van der Waals surface area contributed by atoms with Crippen LogP contribution in [-0.4, -0.2) is 24.8 Å². The second kappa shape index (κ2) is 4.58. The van der Waals surface area contributed by atoms with Gasteiger partial charge in [0.1, 0.15) is 0 Å². The molecule has 1 heterocycles. The molecule has 2 nitrogen and oxygen atoms in total. The number of thiophene rings is 1. The zero-order valence-corrected chi connectivity index (χ0v) is 9.85. The summed E-state index contributed by atoms with van der Waals surface area (Å²) in [7, 11) is 3.76. The fourth-order valence-electron chi connectivity index (χ4n) is 0.762. The number of hydrogen-bond acceptors (Lipinski definition) is 3. The van der Waals surface area contributed by atoms with Crippen molar-refractivity contribution in [2.45, 2.75) is 0 Å². The van der Waals surface area contributed by atoms with E-state index in [1.54, 1.807) is 12.3 Å². The monoisotopic (exact) mass is 259 g/mol. The maximum Gasteiger partial charge on any atom is 0.198 e. The van der Waals surface area contributed by atoms with Crippen molar-refractivity contribution in [3.05, 3.63) is 33.1 Å². The van der Waals surface area contributed by atoms with Crippen molar-refractivity contribution < 1.29 is 4.79 Å². The predicted molar refractivity (Wildman–Crippen MR) is 59.2 cm³/mol. The third-order valence-electron chi connectivity index (χ3n) is 1.37. The quantitative estimate of drug-likeness (QED) is 0.615. The molecule has 0 aliphatic carbocycles. The van der Waals surface area contributed by atoms with Crippen LogP contribution in [0.1, 0.15) is 9.67 Å². The molecule has 0 saturated heterocycles. The van der Waals surface area contributed by atoms with Crippen LogP contribution in [0.2, 0.25) is 0 Å². The van der Waals surface area contributed by atoms with Gasteiger partial charge in [0, 0.05) is 30.8 Å². The molecular formula is C9H10BrNOS. The Kier molecular flexibility index (Phi) is 3.69. The highest BCUT2D eigenvalue weighted by atomic mass is 79.9. The maximum atomic E-state index is 11.5. The zero-order chi connectivity index (χ0) is 9.84. The first-order valence-corrected chi connectivity index (χ1v) is 5.40. The van der Waals surface area contributed by atoms with Gasteiger partial charge in [-0.3, -0.25) is 4.79 Å². The van der Waals surface area contributed by atoms with Crippen molar-refractivity contribution in [3.63, 3.8) is 0 Å². The molecule has 0 aromatic carbocycles. The average molecular weight is 260 g/mol. The highest BCUT2D eigenvalue weighted by Gasteiger charge is 2.07. The predicted octanol–water partition coefficient (Wildman–Crippen LogP) is 2.77. The van der Waals surface area contributed by atoms with Gasteiger partial charge >= 0.3 is 0 Å².